The summed E-state index contributed by atoms with van der Waals surface area (Å²) in [5.74, 6) is 1.48. The van der Waals surface area contributed by atoms with Crippen molar-refractivity contribution >= 4 is 17.0 Å². The fourth-order valence-electron chi connectivity index (χ4n) is 6.21. The molecule has 2 aromatic carbocycles. The van der Waals surface area contributed by atoms with E-state index in [1.807, 2.05) is 24.4 Å². The number of aryl methyl sites for hydroxylation is 1. The first-order chi connectivity index (χ1) is 21.2. The maximum atomic E-state index is 9.32. The fraction of sp³-hybridized carbons (Fsp3) is 0.342. The first-order valence-electron chi connectivity index (χ1n) is 15.7. The number of hydrogen-bond acceptors (Lipinski definition) is 5. The lowest BCUT2D eigenvalue weighted by Gasteiger charge is -2.22. The number of aliphatic imine (C=N–C) groups is 2. The van der Waals surface area contributed by atoms with Gasteiger partial charge in [-0.05, 0) is 128 Å². The normalized spacial score (nSPS) is 20.3. The standard InChI is InChI=1S/C38H40N4O/c39-24-30-6-2-8-33(22-30)32-7-3-11-38-35(16-15-32)23-31(25-41-38)14-13-28-5-1-9-34(21-28)37-12-4-10-36(26-42-37)43-27-29-17-19-40-20-18-29/h1-2,4-10,16,21-22,25-26,29,40H,3,11-15,17-20,23,27H2/b32-7?,35-16+. The highest BCUT2D eigenvalue weighted by Gasteiger charge is 2.17. The third-order valence-electron chi connectivity index (χ3n) is 8.77. The van der Waals surface area contributed by atoms with Crippen LogP contribution in [-0.4, -0.2) is 31.1 Å². The van der Waals surface area contributed by atoms with Gasteiger partial charge in [0.25, 0.3) is 0 Å². The molecule has 1 N–H and O–H groups in total. The largest absolute Gasteiger partial charge is 0.492 e. The van der Waals surface area contributed by atoms with Crippen LogP contribution in [0.25, 0.3) is 5.57 Å². The quantitative estimate of drug-likeness (QED) is 0.351. The van der Waals surface area contributed by atoms with Crippen molar-refractivity contribution in [3.63, 3.8) is 0 Å². The zero-order valence-corrected chi connectivity index (χ0v) is 24.9. The summed E-state index contributed by atoms with van der Waals surface area (Å²) in [6.07, 6.45) is 21.8. The number of fused-ring (bicyclic) bond motifs is 1. The van der Waals surface area contributed by atoms with Crippen molar-refractivity contribution in [2.45, 2.75) is 57.8 Å². The lowest BCUT2D eigenvalue weighted by Crippen LogP contribution is -2.29. The molecule has 0 bridgehead atoms. The van der Waals surface area contributed by atoms with E-state index in [2.05, 4.69) is 72.2 Å². The van der Waals surface area contributed by atoms with Gasteiger partial charge in [0, 0.05) is 18.3 Å². The molecule has 4 aliphatic rings. The average Bonchev–Trinajstić information content (AvgIpc) is 3.30. The minimum absolute atomic E-state index is 0.626. The Morgan fingerprint density at radius 2 is 1.74 bits per heavy atom. The molecular formula is C38H40N4O. The second kappa shape index (κ2) is 14.3. The van der Waals surface area contributed by atoms with Gasteiger partial charge in [0.2, 0.25) is 0 Å². The highest BCUT2D eigenvalue weighted by atomic mass is 16.5. The van der Waals surface area contributed by atoms with Gasteiger partial charge < -0.3 is 10.1 Å². The van der Waals surface area contributed by atoms with Gasteiger partial charge >= 0.3 is 0 Å². The van der Waals surface area contributed by atoms with Crippen LogP contribution >= 0.6 is 0 Å². The molecule has 3 heterocycles. The first-order valence-corrected chi connectivity index (χ1v) is 15.7. The Hall–Kier alpha value is -4.27. The van der Waals surface area contributed by atoms with E-state index in [4.69, 9.17) is 14.7 Å². The molecule has 1 saturated heterocycles. The number of benzene rings is 2. The molecule has 0 saturated carbocycles. The van der Waals surface area contributed by atoms with Crippen molar-refractivity contribution in [1.29, 1.82) is 5.26 Å². The van der Waals surface area contributed by atoms with Gasteiger partial charge in [0.15, 0.2) is 0 Å². The van der Waals surface area contributed by atoms with Crippen molar-refractivity contribution < 1.29 is 4.74 Å². The van der Waals surface area contributed by atoms with Crippen molar-refractivity contribution in [3.8, 4) is 6.07 Å². The molecule has 3 aliphatic heterocycles. The van der Waals surface area contributed by atoms with Gasteiger partial charge in [0.1, 0.15) is 5.76 Å². The van der Waals surface area contributed by atoms with Crippen LogP contribution in [-0.2, 0) is 11.2 Å². The van der Waals surface area contributed by atoms with E-state index in [0.717, 1.165) is 81.7 Å². The zero-order chi connectivity index (χ0) is 29.3. The summed E-state index contributed by atoms with van der Waals surface area (Å²) in [6.45, 7) is 2.94. The summed E-state index contributed by atoms with van der Waals surface area (Å²) in [5.41, 5.74) is 10.7. The molecule has 0 amide bonds. The Balaban J connectivity index is 1.06. The molecule has 1 aliphatic carbocycles. The molecule has 218 valence electrons. The van der Waals surface area contributed by atoms with Crippen LogP contribution in [0, 0.1) is 17.2 Å². The van der Waals surface area contributed by atoms with E-state index in [0.29, 0.717) is 11.5 Å². The van der Waals surface area contributed by atoms with Crippen LogP contribution in [0.1, 0.15) is 73.6 Å². The van der Waals surface area contributed by atoms with Crippen molar-refractivity contribution in [2.75, 3.05) is 19.7 Å². The lowest BCUT2D eigenvalue weighted by atomic mass is 9.88. The maximum absolute atomic E-state index is 9.32. The minimum atomic E-state index is 0.626. The molecule has 0 aromatic heterocycles. The Morgan fingerprint density at radius 1 is 0.884 bits per heavy atom. The Bertz CT molecular complexity index is 1590. The first kappa shape index (κ1) is 28.8. The van der Waals surface area contributed by atoms with E-state index < -0.39 is 0 Å². The molecule has 2 aromatic rings. The van der Waals surface area contributed by atoms with E-state index in [1.165, 1.54) is 46.4 Å². The van der Waals surface area contributed by atoms with Crippen molar-refractivity contribution in [3.05, 3.63) is 124 Å². The number of rotatable bonds is 8. The predicted molar refractivity (Wildman–Crippen MR) is 176 cm³/mol. The molecule has 0 radical (unpaired) electrons. The van der Waals surface area contributed by atoms with Crippen LogP contribution in [0.2, 0.25) is 0 Å². The number of hydrogen-bond donors (Lipinski definition) is 1. The zero-order valence-electron chi connectivity index (χ0n) is 24.9. The van der Waals surface area contributed by atoms with Crippen LogP contribution in [0.5, 0.6) is 0 Å². The molecule has 5 nitrogen and oxygen atoms in total. The van der Waals surface area contributed by atoms with Gasteiger partial charge in [-0.2, -0.15) is 5.26 Å². The van der Waals surface area contributed by atoms with Gasteiger partial charge in [-0.1, -0.05) is 48.6 Å². The molecule has 5 heteroatoms. The summed E-state index contributed by atoms with van der Waals surface area (Å²) < 4.78 is 6.11. The van der Waals surface area contributed by atoms with Crippen LogP contribution < -0.4 is 5.32 Å². The smallest absolute Gasteiger partial charge is 0.137 e. The summed E-state index contributed by atoms with van der Waals surface area (Å²) in [7, 11) is 0. The second-order valence-electron chi connectivity index (χ2n) is 11.9. The summed E-state index contributed by atoms with van der Waals surface area (Å²) in [5, 5.41) is 12.7. The van der Waals surface area contributed by atoms with E-state index in [1.54, 1.807) is 0 Å². The third-order valence-corrected chi connectivity index (χ3v) is 8.77. The van der Waals surface area contributed by atoms with E-state index in [-0.39, 0.29) is 0 Å². The monoisotopic (exact) mass is 568 g/mol. The number of ether oxygens (including phenoxy) is 1. The maximum Gasteiger partial charge on any atom is 0.137 e. The number of nitriles is 1. The topological polar surface area (TPSA) is 69.8 Å². The predicted octanol–water partition coefficient (Wildman–Crippen LogP) is 8.02. The third kappa shape index (κ3) is 7.77. The molecule has 0 atom stereocenters. The van der Waals surface area contributed by atoms with Crippen LogP contribution in [0.4, 0.5) is 0 Å². The number of nitrogens with one attached hydrogen (secondary N) is 1. The molecule has 6 rings (SSSR count). The average molecular weight is 569 g/mol. The molecular weight excluding hydrogens is 528 g/mol. The fourth-order valence-corrected chi connectivity index (χ4v) is 6.21. The number of piperidine rings is 1. The second-order valence-corrected chi connectivity index (χ2v) is 11.9. The van der Waals surface area contributed by atoms with Crippen LogP contribution in [0.3, 0.4) is 0 Å². The van der Waals surface area contributed by atoms with Gasteiger partial charge in [-0.25, -0.2) is 0 Å². The SMILES string of the molecule is N#Cc1cccc(C2=CCCC3=NC=C(CCc4cccc(C5=NC=C(OCC6CCNCC6)C=CC5)c4)C/C3=C\C2)c1. The van der Waals surface area contributed by atoms with Crippen LogP contribution in [0.15, 0.2) is 112 Å². The summed E-state index contributed by atoms with van der Waals surface area (Å²) in [4.78, 5) is 9.72. The molecule has 0 spiro atoms. The Labute approximate surface area is 255 Å². The number of nitrogens with zero attached hydrogens (tertiary/aromatic N) is 3. The molecule has 43 heavy (non-hydrogen) atoms. The highest BCUT2D eigenvalue weighted by molar-refractivity contribution is 6.03. The molecule has 1 fully saturated rings. The Kier molecular flexibility index (Phi) is 9.57. The Morgan fingerprint density at radius 3 is 2.65 bits per heavy atom. The van der Waals surface area contributed by atoms with Crippen molar-refractivity contribution in [1.82, 2.24) is 5.32 Å². The highest BCUT2D eigenvalue weighted by Crippen LogP contribution is 2.30. The summed E-state index contributed by atoms with van der Waals surface area (Å²) >= 11 is 0. The van der Waals surface area contributed by atoms with Gasteiger partial charge in [-0.15, -0.1) is 0 Å². The number of allylic oxidation sites excluding steroid dienone is 7. The molecule has 0 unspecified atom stereocenters. The van der Waals surface area contributed by atoms with Gasteiger partial charge in [-0.3, -0.25) is 9.98 Å². The van der Waals surface area contributed by atoms with Gasteiger partial charge in [0.05, 0.1) is 30.2 Å². The van der Waals surface area contributed by atoms with E-state index >= 15 is 0 Å². The minimum Gasteiger partial charge on any atom is -0.492 e. The lowest BCUT2D eigenvalue weighted by molar-refractivity contribution is 0.153. The summed E-state index contributed by atoms with van der Waals surface area (Å²) in [6, 6.07) is 19.0. The van der Waals surface area contributed by atoms with Crippen molar-refractivity contribution in [2.24, 2.45) is 15.9 Å². The van der Waals surface area contributed by atoms with E-state index in [9.17, 15) is 5.26 Å².